The van der Waals surface area contributed by atoms with Crippen molar-refractivity contribution < 1.29 is 37.6 Å². The Kier molecular flexibility index (Phi) is 34.8. The van der Waals surface area contributed by atoms with Gasteiger partial charge < -0.3 is 19.7 Å². The molecule has 0 aromatic rings. The molecule has 0 saturated carbocycles. The van der Waals surface area contributed by atoms with Gasteiger partial charge in [-0.05, 0) is 84.1 Å². The van der Waals surface area contributed by atoms with Crippen molar-refractivity contribution in [2.75, 3.05) is 33.4 Å². The zero-order chi connectivity index (χ0) is 36.8. The van der Waals surface area contributed by atoms with E-state index < -0.39 is 32.5 Å². The molecule has 0 rings (SSSR count). The molecule has 0 aliphatic carbocycles. The van der Waals surface area contributed by atoms with Crippen molar-refractivity contribution in [2.24, 2.45) is 0 Å². The number of ether oxygens (including phenoxy) is 2. The Bertz CT molecular complexity index is 1010. The van der Waals surface area contributed by atoms with Gasteiger partial charge in [0.2, 0.25) is 0 Å². The number of nitrogens with one attached hydrogen (secondary N) is 1. The molecule has 288 valence electrons. The van der Waals surface area contributed by atoms with E-state index in [2.05, 4.69) is 79.9 Å². The molecule has 0 spiro atoms. The second kappa shape index (κ2) is 36.5. The minimum absolute atomic E-state index is 0.0289. The molecule has 0 saturated heterocycles. The monoisotopic (exact) mass is 723 g/mol. The van der Waals surface area contributed by atoms with Crippen LogP contribution in [0.4, 0.5) is 0 Å². The van der Waals surface area contributed by atoms with E-state index in [-0.39, 0.29) is 26.1 Å². The van der Waals surface area contributed by atoms with Crippen molar-refractivity contribution in [2.45, 2.75) is 148 Å². The van der Waals surface area contributed by atoms with Gasteiger partial charge in [-0.3, -0.25) is 18.6 Å². The minimum Gasteiger partial charge on any atom is -0.462 e. The lowest BCUT2D eigenvalue weighted by molar-refractivity contribution is -0.161. The normalized spacial score (nSPS) is 14.1. The van der Waals surface area contributed by atoms with Gasteiger partial charge in [0.05, 0.1) is 13.2 Å². The van der Waals surface area contributed by atoms with Crippen LogP contribution in [-0.2, 0) is 32.7 Å². The number of hydrogen-bond acceptors (Lipinski definition) is 8. The fraction of sp³-hybridized carbons (Fsp3) is 0.700. The van der Waals surface area contributed by atoms with Crippen LogP contribution in [0.15, 0.2) is 60.8 Å². The Morgan fingerprint density at radius 2 is 1.14 bits per heavy atom. The number of esters is 2. The molecule has 0 radical (unpaired) electrons. The van der Waals surface area contributed by atoms with E-state index in [1.165, 1.54) is 32.1 Å². The van der Waals surface area contributed by atoms with Gasteiger partial charge in [-0.1, -0.05) is 113 Å². The lowest BCUT2D eigenvalue weighted by Crippen LogP contribution is -2.29. The maximum atomic E-state index is 12.5. The molecule has 0 aliphatic rings. The van der Waals surface area contributed by atoms with Crippen molar-refractivity contribution >= 4 is 19.8 Å². The molecular weight excluding hydrogens is 653 g/mol. The van der Waals surface area contributed by atoms with Gasteiger partial charge in [-0.25, -0.2) is 4.57 Å². The van der Waals surface area contributed by atoms with Crippen molar-refractivity contribution in [1.82, 2.24) is 5.32 Å². The zero-order valence-electron chi connectivity index (χ0n) is 31.6. The average Bonchev–Trinajstić information content (AvgIpc) is 3.09. The molecule has 0 aromatic heterocycles. The van der Waals surface area contributed by atoms with Crippen molar-refractivity contribution in [1.29, 1.82) is 0 Å². The van der Waals surface area contributed by atoms with Crippen molar-refractivity contribution in [3.63, 3.8) is 0 Å². The Labute approximate surface area is 304 Å². The predicted octanol–water partition coefficient (Wildman–Crippen LogP) is 10.4. The number of likely N-dealkylation sites (N-methyl/N-ethyl adjacent to an activating group) is 1. The molecular formula is C40H70NO8P. The molecule has 0 bridgehead atoms. The van der Waals surface area contributed by atoms with E-state index in [4.69, 9.17) is 18.5 Å². The summed E-state index contributed by atoms with van der Waals surface area (Å²) in [6, 6.07) is 0. The number of carbonyl (C=O) groups is 2. The Hall–Kier alpha value is -2.29. The Morgan fingerprint density at radius 1 is 0.640 bits per heavy atom. The zero-order valence-corrected chi connectivity index (χ0v) is 32.5. The second-order valence-corrected chi connectivity index (χ2v) is 13.8. The fourth-order valence-corrected chi connectivity index (χ4v) is 5.46. The predicted molar refractivity (Wildman–Crippen MR) is 206 cm³/mol. The van der Waals surface area contributed by atoms with E-state index in [9.17, 15) is 19.0 Å². The standard InChI is InChI=1S/C40H70NO8P/c1-4-6-8-10-12-14-16-18-19-21-23-25-27-29-31-33-40(43)49-38(37-48-50(44,45)47-35-34-41-3)36-46-39(42)32-30-28-26-24-22-20-17-15-13-11-9-7-5-2/h6,8,12,14-15,17-19,23,25,38,41H,4-5,7,9-11,13,16,20-22,24,26-37H2,1-3H3,(H,44,45)/b8-6-,14-12-,17-15-,19-18-,25-23-. The molecule has 2 unspecified atom stereocenters. The summed E-state index contributed by atoms with van der Waals surface area (Å²) in [7, 11) is -2.67. The highest BCUT2D eigenvalue weighted by Gasteiger charge is 2.26. The SMILES string of the molecule is CC/C=C\C/C=C\C/C=C\C/C=C\CCCCC(=O)OC(COC(=O)CCCCCCC/C=C\CCCCCC)COP(=O)(O)OCCNC. The van der Waals surface area contributed by atoms with E-state index >= 15 is 0 Å². The number of phosphoric ester groups is 1. The molecule has 2 N–H and O–H groups in total. The summed E-state index contributed by atoms with van der Waals surface area (Å²) in [5.74, 6) is -0.873. The van der Waals surface area contributed by atoms with Gasteiger partial charge in [-0.15, -0.1) is 0 Å². The van der Waals surface area contributed by atoms with Crippen LogP contribution in [-0.4, -0.2) is 56.3 Å². The van der Waals surface area contributed by atoms with Crippen molar-refractivity contribution in [3.05, 3.63) is 60.8 Å². The molecule has 0 aromatic carbocycles. The van der Waals surface area contributed by atoms with E-state index in [0.717, 1.165) is 77.0 Å². The topological polar surface area (TPSA) is 120 Å². The highest BCUT2D eigenvalue weighted by molar-refractivity contribution is 7.47. The summed E-state index contributed by atoms with van der Waals surface area (Å²) in [4.78, 5) is 34.9. The summed E-state index contributed by atoms with van der Waals surface area (Å²) < 4.78 is 33.0. The third-order valence-electron chi connectivity index (χ3n) is 7.62. The summed E-state index contributed by atoms with van der Waals surface area (Å²) >= 11 is 0. The van der Waals surface area contributed by atoms with Crippen LogP contribution >= 0.6 is 7.82 Å². The highest BCUT2D eigenvalue weighted by Crippen LogP contribution is 2.43. The average molecular weight is 724 g/mol. The van der Waals surface area contributed by atoms with Gasteiger partial charge >= 0.3 is 19.8 Å². The van der Waals surface area contributed by atoms with Crippen LogP contribution in [0.2, 0.25) is 0 Å². The summed E-state index contributed by atoms with van der Waals surface area (Å²) in [6.07, 6.45) is 39.8. The number of carbonyl (C=O) groups excluding carboxylic acids is 2. The first kappa shape index (κ1) is 47.7. The fourth-order valence-electron chi connectivity index (χ4n) is 4.71. The molecule has 0 heterocycles. The van der Waals surface area contributed by atoms with E-state index in [0.29, 0.717) is 13.0 Å². The molecule has 0 aliphatic heterocycles. The highest BCUT2D eigenvalue weighted by atomic mass is 31.2. The van der Waals surface area contributed by atoms with Gasteiger partial charge in [-0.2, -0.15) is 0 Å². The largest absolute Gasteiger partial charge is 0.472 e. The lowest BCUT2D eigenvalue weighted by Gasteiger charge is -2.20. The van der Waals surface area contributed by atoms with Gasteiger partial charge in [0.1, 0.15) is 6.61 Å². The Balaban J connectivity index is 4.40. The first-order valence-corrected chi connectivity index (χ1v) is 20.7. The minimum atomic E-state index is -4.36. The first-order chi connectivity index (χ1) is 24.3. The molecule has 9 nitrogen and oxygen atoms in total. The molecule has 0 fully saturated rings. The van der Waals surface area contributed by atoms with Crippen molar-refractivity contribution in [3.8, 4) is 0 Å². The smallest absolute Gasteiger partial charge is 0.462 e. The molecule has 50 heavy (non-hydrogen) atoms. The van der Waals surface area contributed by atoms with Crippen LogP contribution in [0, 0.1) is 0 Å². The number of rotatable bonds is 35. The van der Waals surface area contributed by atoms with E-state index in [1.54, 1.807) is 7.05 Å². The van der Waals surface area contributed by atoms with Gasteiger partial charge in [0.25, 0.3) is 0 Å². The Morgan fingerprint density at radius 3 is 1.76 bits per heavy atom. The molecule has 0 amide bonds. The quantitative estimate of drug-likeness (QED) is 0.0285. The van der Waals surface area contributed by atoms with Crippen LogP contribution < -0.4 is 5.32 Å². The number of hydrogen-bond donors (Lipinski definition) is 2. The summed E-state index contributed by atoms with van der Waals surface area (Å²) in [5, 5.41) is 2.81. The third kappa shape index (κ3) is 35.5. The van der Waals surface area contributed by atoms with Crippen LogP contribution in [0.1, 0.15) is 142 Å². The van der Waals surface area contributed by atoms with Crippen LogP contribution in [0.25, 0.3) is 0 Å². The van der Waals surface area contributed by atoms with Crippen LogP contribution in [0.5, 0.6) is 0 Å². The summed E-state index contributed by atoms with van der Waals surface area (Å²) in [6.45, 7) is 4.01. The van der Waals surface area contributed by atoms with Gasteiger partial charge in [0.15, 0.2) is 6.10 Å². The van der Waals surface area contributed by atoms with E-state index in [1.807, 2.05) is 0 Å². The third-order valence-corrected chi connectivity index (χ3v) is 8.61. The summed E-state index contributed by atoms with van der Waals surface area (Å²) in [5.41, 5.74) is 0. The number of allylic oxidation sites excluding steroid dienone is 10. The lowest BCUT2D eigenvalue weighted by atomic mass is 10.1. The number of unbranched alkanes of at least 4 members (excludes halogenated alkanes) is 11. The van der Waals surface area contributed by atoms with Crippen LogP contribution in [0.3, 0.4) is 0 Å². The first-order valence-electron chi connectivity index (χ1n) is 19.2. The second-order valence-electron chi connectivity index (χ2n) is 12.4. The van der Waals surface area contributed by atoms with Gasteiger partial charge in [0, 0.05) is 19.4 Å². The number of phosphoric acid groups is 1. The maximum absolute atomic E-state index is 12.5. The molecule has 10 heteroatoms. The maximum Gasteiger partial charge on any atom is 0.472 e. The molecule has 2 atom stereocenters.